The molecule has 144 valence electrons. The van der Waals surface area contributed by atoms with E-state index in [9.17, 15) is 14.0 Å². The van der Waals surface area contributed by atoms with Crippen LogP contribution in [0, 0.1) is 5.82 Å². The average Bonchev–Trinajstić information content (AvgIpc) is 2.63. The molecular formula is C19H20Cl2FN3O2. The van der Waals surface area contributed by atoms with Gasteiger partial charge in [-0.1, -0.05) is 42.3 Å². The van der Waals surface area contributed by atoms with E-state index in [1.54, 1.807) is 35.2 Å². The van der Waals surface area contributed by atoms with Gasteiger partial charge < -0.3 is 10.6 Å². The smallest absolute Gasteiger partial charge is 0.238 e. The highest BCUT2D eigenvalue weighted by Gasteiger charge is 2.14. The van der Waals surface area contributed by atoms with Gasteiger partial charge in [0.15, 0.2) is 0 Å². The van der Waals surface area contributed by atoms with Gasteiger partial charge in [-0.25, -0.2) is 4.39 Å². The molecule has 0 bridgehead atoms. The van der Waals surface area contributed by atoms with Gasteiger partial charge in [-0.2, -0.15) is 0 Å². The number of carbonyl (C=O) groups excluding carboxylic acids is 2. The Morgan fingerprint density at radius 1 is 1.04 bits per heavy atom. The Hall–Kier alpha value is -2.15. The van der Waals surface area contributed by atoms with E-state index in [4.69, 9.17) is 23.2 Å². The van der Waals surface area contributed by atoms with Crippen molar-refractivity contribution < 1.29 is 14.0 Å². The number of amides is 2. The van der Waals surface area contributed by atoms with Gasteiger partial charge in [0.2, 0.25) is 11.8 Å². The standard InChI is InChI=1S/C19H20Cl2FN3O2/c1-2-25(11-18(26)23-10-13-3-6-15(22)7-4-13)12-19(27)24-17-9-14(20)5-8-16(17)21/h3-9H,2,10-12H2,1H3,(H,23,26)(H,24,27). The molecule has 0 aromatic heterocycles. The number of nitrogens with zero attached hydrogens (tertiary/aromatic N) is 1. The van der Waals surface area contributed by atoms with E-state index in [0.29, 0.717) is 28.8 Å². The second-order valence-corrected chi connectivity index (χ2v) is 6.72. The Morgan fingerprint density at radius 2 is 1.70 bits per heavy atom. The second kappa shape index (κ2) is 10.3. The predicted molar refractivity (Wildman–Crippen MR) is 105 cm³/mol. The van der Waals surface area contributed by atoms with E-state index in [1.807, 2.05) is 6.92 Å². The summed E-state index contributed by atoms with van der Waals surface area (Å²) in [5, 5.41) is 6.28. The molecular weight excluding hydrogens is 392 g/mol. The summed E-state index contributed by atoms with van der Waals surface area (Å²) >= 11 is 11.9. The van der Waals surface area contributed by atoms with Crippen molar-refractivity contribution in [2.75, 3.05) is 25.0 Å². The van der Waals surface area contributed by atoms with Gasteiger partial charge in [-0.15, -0.1) is 0 Å². The highest BCUT2D eigenvalue weighted by molar-refractivity contribution is 6.35. The van der Waals surface area contributed by atoms with Gasteiger partial charge in [-0.05, 0) is 42.4 Å². The Bertz CT molecular complexity index is 800. The minimum Gasteiger partial charge on any atom is -0.351 e. The summed E-state index contributed by atoms with van der Waals surface area (Å²) < 4.78 is 12.9. The third-order valence-corrected chi connectivity index (χ3v) is 4.35. The van der Waals surface area contributed by atoms with Crippen molar-refractivity contribution in [3.8, 4) is 0 Å². The number of nitrogens with one attached hydrogen (secondary N) is 2. The third-order valence-electron chi connectivity index (χ3n) is 3.79. The molecule has 0 radical (unpaired) electrons. The molecule has 0 aliphatic carbocycles. The van der Waals surface area contributed by atoms with Gasteiger partial charge in [0.25, 0.3) is 0 Å². The Labute approximate surface area is 167 Å². The van der Waals surface area contributed by atoms with Crippen LogP contribution in [0.3, 0.4) is 0 Å². The van der Waals surface area contributed by atoms with Crippen molar-refractivity contribution >= 4 is 40.7 Å². The van der Waals surface area contributed by atoms with Crippen LogP contribution in [-0.2, 0) is 16.1 Å². The molecule has 2 N–H and O–H groups in total. The molecule has 0 aliphatic heterocycles. The van der Waals surface area contributed by atoms with Crippen LogP contribution in [0.15, 0.2) is 42.5 Å². The predicted octanol–water partition coefficient (Wildman–Crippen LogP) is 3.71. The fourth-order valence-corrected chi connectivity index (χ4v) is 2.66. The van der Waals surface area contributed by atoms with Crippen LogP contribution in [0.5, 0.6) is 0 Å². The lowest BCUT2D eigenvalue weighted by Crippen LogP contribution is -2.40. The van der Waals surface area contributed by atoms with E-state index >= 15 is 0 Å². The Kier molecular flexibility index (Phi) is 8.03. The fourth-order valence-electron chi connectivity index (χ4n) is 2.33. The number of hydrogen-bond acceptors (Lipinski definition) is 3. The molecule has 0 unspecified atom stereocenters. The maximum absolute atomic E-state index is 12.9. The molecule has 2 amide bonds. The normalized spacial score (nSPS) is 10.7. The van der Waals surface area contributed by atoms with E-state index in [1.165, 1.54) is 12.1 Å². The molecule has 2 aromatic rings. The fraction of sp³-hybridized carbons (Fsp3) is 0.263. The number of hydrogen-bond donors (Lipinski definition) is 2. The molecule has 2 rings (SSSR count). The number of likely N-dealkylation sites (N-methyl/N-ethyl adjacent to an activating group) is 1. The zero-order chi connectivity index (χ0) is 19.8. The van der Waals surface area contributed by atoms with E-state index in [0.717, 1.165) is 5.56 Å². The maximum Gasteiger partial charge on any atom is 0.238 e. The number of halogens is 3. The van der Waals surface area contributed by atoms with E-state index in [2.05, 4.69) is 10.6 Å². The van der Waals surface area contributed by atoms with Crippen LogP contribution in [0.1, 0.15) is 12.5 Å². The monoisotopic (exact) mass is 411 g/mol. The maximum atomic E-state index is 12.9. The van der Waals surface area contributed by atoms with Gasteiger partial charge in [0.05, 0.1) is 23.8 Å². The van der Waals surface area contributed by atoms with Crippen LogP contribution < -0.4 is 10.6 Å². The Balaban J connectivity index is 1.83. The topological polar surface area (TPSA) is 61.4 Å². The third kappa shape index (κ3) is 7.17. The van der Waals surface area contributed by atoms with Crippen molar-refractivity contribution in [1.29, 1.82) is 0 Å². The van der Waals surface area contributed by atoms with Crippen molar-refractivity contribution in [2.45, 2.75) is 13.5 Å². The summed E-state index contributed by atoms with van der Waals surface area (Å²) in [5.74, 6) is -0.852. The molecule has 8 heteroatoms. The summed E-state index contributed by atoms with van der Waals surface area (Å²) in [7, 11) is 0. The first kappa shape index (κ1) is 21.2. The van der Waals surface area contributed by atoms with Crippen LogP contribution in [0.25, 0.3) is 0 Å². The van der Waals surface area contributed by atoms with Crippen LogP contribution in [-0.4, -0.2) is 36.3 Å². The molecule has 0 spiro atoms. The molecule has 2 aromatic carbocycles. The molecule has 5 nitrogen and oxygen atoms in total. The summed E-state index contributed by atoms with van der Waals surface area (Å²) in [4.78, 5) is 26.0. The molecule has 0 aliphatic rings. The molecule has 0 saturated heterocycles. The first-order valence-corrected chi connectivity index (χ1v) is 9.11. The lowest BCUT2D eigenvalue weighted by Gasteiger charge is -2.19. The molecule has 27 heavy (non-hydrogen) atoms. The largest absolute Gasteiger partial charge is 0.351 e. The van der Waals surface area contributed by atoms with Crippen molar-refractivity contribution in [3.63, 3.8) is 0 Å². The highest BCUT2D eigenvalue weighted by atomic mass is 35.5. The summed E-state index contributed by atoms with van der Waals surface area (Å²) in [6.45, 7) is 2.76. The van der Waals surface area contributed by atoms with E-state index < -0.39 is 0 Å². The van der Waals surface area contributed by atoms with Crippen LogP contribution in [0.2, 0.25) is 10.0 Å². The van der Waals surface area contributed by atoms with Crippen LogP contribution in [0.4, 0.5) is 10.1 Å². The quantitative estimate of drug-likeness (QED) is 0.695. The number of carbonyl (C=O) groups is 2. The molecule has 0 fully saturated rings. The molecule has 0 heterocycles. The first-order valence-electron chi connectivity index (χ1n) is 8.35. The molecule has 0 saturated carbocycles. The van der Waals surface area contributed by atoms with Crippen molar-refractivity contribution in [3.05, 3.63) is 63.9 Å². The van der Waals surface area contributed by atoms with E-state index in [-0.39, 0.29) is 30.7 Å². The number of rotatable bonds is 8. The van der Waals surface area contributed by atoms with Crippen molar-refractivity contribution in [1.82, 2.24) is 10.2 Å². The zero-order valence-corrected chi connectivity index (χ0v) is 16.3. The SMILES string of the molecule is CCN(CC(=O)NCc1ccc(F)cc1)CC(=O)Nc1cc(Cl)ccc1Cl. The molecule has 0 atom stereocenters. The van der Waals surface area contributed by atoms with Crippen molar-refractivity contribution in [2.24, 2.45) is 0 Å². The summed E-state index contributed by atoms with van der Waals surface area (Å²) in [6, 6.07) is 10.7. The number of benzene rings is 2. The summed E-state index contributed by atoms with van der Waals surface area (Å²) in [6.07, 6.45) is 0. The summed E-state index contributed by atoms with van der Waals surface area (Å²) in [5.41, 5.74) is 1.21. The highest BCUT2D eigenvalue weighted by Crippen LogP contribution is 2.25. The lowest BCUT2D eigenvalue weighted by molar-refractivity contribution is -0.123. The second-order valence-electron chi connectivity index (χ2n) is 5.88. The van der Waals surface area contributed by atoms with Gasteiger partial charge >= 0.3 is 0 Å². The lowest BCUT2D eigenvalue weighted by atomic mass is 10.2. The average molecular weight is 412 g/mol. The van der Waals surface area contributed by atoms with Gasteiger partial charge in [-0.3, -0.25) is 14.5 Å². The van der Waals surface area contributed by atoms with Crippen LogP contribution >= 0.6 is 23.2 Å². The Morgan fingerprint density at radius 3 is 2.37 bits per heavy atom. The van der Waals surface area contributed by atoms with Gasteiger partial charge in [0.1, 0.15) is 5.82 Å². The number of anilines is 1. The first-order chi connectivity index (χ1) is 12.9. The zero-order valence-electron chi connectivity index (χ0n) is 14.8. The van der Waals surface area contributed by atoms with Gasteiger partial charge in [0, 0.05) is 11.6 Å². The minimum absolute atomic E-state index is 0.0311. The minimum atomic E-state index is -0.326.